The van der Waals surface area contributed by atoms with Crippen molar-refractivity contribution in [1.82, 2.24) is 20.2 Å². The second-order valence-electron chi connectivity index (χ2n) is 7.36. The van der Waals surface area contributed by atoms with Gasteiger partial charge >= 0.3 is 0 Å². The first-order valence-corrected chi connectivity index (χ1v) is 12.3. The van der Waals surface area contributed by atoms with Crippen molar-refractivity contribution in [1.29, 1.82) is 0 Å². The topological polar surface area (TPSA) is 81.4 Å². The molecule has 0 saturated heterocycles. The number of aromatic nitrogens is 3. The number of para-hydroxylation sites is 1. The maximum absolute atomic E-state index is 12.5. The number of nitrogens with zero attached hydrogens (tertiary/aromatic N) is 4. The Bertz CT molecular complexity index is 1360. The molecule has 0 saturated carbocycles. The molecule has 0 aliphatic rings. The van der Waals surface area contributed by atoms with Crippen molar-refractivity contribution < 1.29 is 9.53 Å². The van der Waals surface area contributed by atoms with Gasteiger partial charge in [-0.15, -0.1) is 10.2 Å². The number of nitrogens with one attached hydrogen (secondary N) is 1. The van der Waals surface area contributed by atoms with Crippen LogP contribution in [0.2, 0.25) is 10.0 Å². The van der Waals surface area contributed by atoms with E-state index in [9.17, 15) is 4.79 Å². The van der Waals surface area contributed by atoms with Gasteiger partial charge in [0.25, 0.3) is 5.91 Å². The summed E-state index contributed by atoms with van der Waals surface area (Å²) in [4.78, 5) is 12.5. The molecule has 0 atom stereocenters. The molecule has 1 aromatic heterocycles. The number of methoxy groups -OCH3 is 1. The highest BCUT2D eigenvalue weighted by atomic mass is 35.5. The van der Waals surface area contributed by atoms with Crippen LogP contribution in [0.1, 0.15) is 12.5 Å². The van der Waals surface area contributed by atoms with Gasteiger partial charge in [0.2, 0.25) is 0 Å². The van der Waals surface area contributed by atoms with Crippen LogP contribution in [0.5, 0.6) is 5.75 Å². The zero-order chi connectivity index (χ0) is 24.8. The highest BCUT2D eigenvalue weighted by Crippen LogP contribution is 2.29. The molecular weight excluding hydrogens is 505 g/mol. The minimum atomic E-state index is -0.275. The zero-order valence-corrected chi connectivity index (χ0v) is 21.2. The average molecular weight is 526 g/mol. The molecule has 0 spiro atoms. The van der Waals surface area contributed by atoms with E-state index in [0.717, 1.165) is 22.6 Å². The molecule has 0 radical (unpaired) electrons. The van der Waals surface area contributed by atoms with Gasteiger partial charge in [-0.05, 0) is 61.0 Å². The van der Waals surface area contributed by atoms with Gasteiger partial charge in [0.15, 0.2) is 11.0 Å². The summed E-state index contributed by atoms with van der Waals surface area (Å²) in [5, 5.41) is 14.4. The molecular formula is C25H21Cl2N5O2S. The smallest absolute Gasteiger partial charge is 0.250 e. The summed E-state index contributed by atoms with van der Waals surface area (Å²) in [7, 11) is 1.62. The van der Waals surface area contributed by atoms with E-state index in [2.05, 4.69) is 20.7 Å². The minimum absolute atomic E-state index is 0.103. The standard InChI is InChI=1S/C25H21Cl2N5O2S/c1-16(18-10-13-21(26)22(27)14-18)28-29-23(33)15-35-25-31-30-24(17-8-11-20(34-2)12-9-17)32(25)19-6-4-3-5-7-19/h3-14H,15H2,1-2H3,(H,29,33)/b28-16+. The molecule has 0 bridgehead atoms. The van der Waals surface area contributed by atoms with E-state index >= 15 is 0 Å². The number of carbonyl (C=O) groups is 1. The summed E-state index contributed by atoms with van der Waals surface area (Å²) in [5.74, 6) is 1.24. The van der Waals surface area contributed by atoms with Crippen molar-refractivity contribution in [3.63, 3.8) is 0 Å². The number of hydrazone groups is 1. The van der Waals surface area contributed by atoms with Crippen LogP contribution in [0.25, 0.3) is 17.1 Å². The molecule has 0 aliphatic heterocycles. The van der Waals surface area contributed by atoms with E-state index in [1.165, 1.54) is 11.8 Å². The van der Waals surface area contributed by atoms with Crippen molar-refractivity contribution in [3.8, 4) is 22.8 Å². The first kappa shape index (κ1) is 24.8. The van der Waals surface area contributed by atoms with E-state index in [0.29, 0.717) is 26.7 Å². The van der Waals surface area contributed by atoms with Crippen molar-refractivity contribution >= 4 is 46.6 Å². The predicted molar refractivity (Wildman–Crippen MR) is 141 cm³/mol. The van der Waals surface area contributed by atoms with Crippen LogP contribution >= 0.6 is 35.0 Å². The van der Waals surface area contributed by atoms with Gasteiger partial charge < -0.3 is 4.74 Å². The molecule has 1 amide bonds. The number of halogens is 2. The third kappa shape index (κ3) is 6.03. The van der Waals surface area contributed by atoms with Crippen molar-refractivity contribution in [2.24, 2.45) is 5.10 Å². The zero-order valence-electron chi connectivity index (χ0n) is 18.9. The normalized spacial score (nSPS) is 11.4. The molecule has 0 unspecified atom stereocenters. The van der Waals surface area contributed by atoms with Gasteiger partial charge in [-0.2, -0.15) is 5.10 Å². The Balaban J connectivity index is 1.51. The highest BCUT2D eigenvalue weighted by Gasteiger charge is 2.17. The minimum Gasteiger partial charge on any atom is -0.497 e. The summed E-state index contributed by atoms with van der Waals surface area (Å²) in [5.41, 5.74) is 5.71. The summed E-state index contributed by atoms with van der Waals surface area (Å²) >= 11 is 13.3. The largest absolute Gasteiger partial charge is 0.497 e. The molecule has 35 heavy (non-hydrogen) atoms. The van der Waals surface area contributed by atoms with Gasteiger partial charge in [-0.1, -0.05) is 59.2 Å². The second-order valence-corrected chi connectivity index (χ2v) is 9.11. The van der Waals surface area contributed by atoms with E-state index in [-0.39, 0.29) is 11.7 Å². The maximum Gasteiger partial charge on any atom is 0.250 e. The summed E-state index contributed by atoms with van der Waals surface area (Å²) in [6.45, 7) is 1.78. The number of rotatable bonds is 8. The molecule has 7 nitrogen and oxygen atoms in total. The van der Waals surface area contributed by atoms with E-state index < -0.39 is 0 Å². The van der Waals surface area contributed by atoms with Crippen molar-refractivity contribution in [3.05, 3.63) is 88.4 Å². The fourth-order valence-electron chi connectivity index (χ4n) is 3.19. The van der Waals surface area contributed by atoms with Gasteiger partial charge in [-0.3, -0.25) is 9.36 Å². The van der Waals surface area contributed by atoms with Gasteiger partial charge in [0, 0.05) is 11.3 Å². The molecule has 3 aromatic carbocycles. The highest BCUT2D eigenvalue weighted by molar-refractivity contribution is 7.99. The predicted octanol–water partition coefficient (Wildman–Crippen LogP) is 5.88. The number of carbonyl (C=O) groups excluding carboxylic acids is 1. The molecule has 0 fully saturated rings. The van der Waals surface area contributed by atoms with Crippen LogP contribution in [0.3, 0.4) is 0 Å². The number of hydrogen-bond donors (Lipinski definition) is 1. The Morgan fingerprint density at radius 3 is 2.46 bits per heavy atom. The summed E-state index contributed by atoms with van der Waals surface area (Å²) in [6.07, 6.45) is 0. The van der Waals surface area contributed by atoms with Crippen LogP contribution in [0.15, 0.2) is 83.1 Å². The van der Waals surface area contributed by atoms with Gasteiger partial charge in [-0.25, -0.2) is 5.43 Å². The van der Waals surface area contributed by atoms with Crippen LogP contribution in [-0.4, -0.2) is 39.2 Å². The van der Waals surface area contributed by atoms with Crippen molar-refractivity contribution in [2.45, 2.75) is 12.1 Å². The summed E-state index contributed by atoms with van der Waals surface area (Å²) < 4.78 is 7.18. The lowest BCUT2D eigenvalue weighted by Crippen LogP contribution is -2.21. The fourth-order valence-corrected chi connectivity index (χ4v) is 4.24. The Kier molecular flexibility index (Phi) is 8.07. The number of amides is 1. The Labute approximate surface area is 217 Å². The molecule has 4 aromatic rings. The van der Waals surface area contributed by atoms with Crippen LogP contribution in [0, 0.1) is 0 Å². The summed E-state index contributed by atoms with van der Waals surface area (Å²) in [6, 6.07) is 22.5. The van der Waals surface area contributed by atoms with Gasteiger partial charge in [0.1, 0.15) is 5.75 Å². The number of thioether (sulfide) groups is 1. The Morgan fingerprint density at radius 2 is 1.77 bits per heavy atom. The Hall–Kier alpha value is -3.33. The first-order valence-electron chi connectivity index (χ1n) is 10.5. The lowest BCUT2D eigenvalue weighted by molar-refractivity contribution is -0.118. The van der Waals surface area contributed by atoms with Crippen molar-refractivity contribution in [2.75, 3.05) is 12.9 Å². The van der Waals surface area contributed by atoms with Crippen LogP contribution < -0.4 is 10.2 Å². The number of benzene rings is 3. The molecule has 10 heteroatoms. The quantitative estimate of drug-likeness (QED) is 0.176. The van der Waals surface area contributed by atoms with E-state index in [4.69, 9.17) is 27.9 Å². The average Bonchev–Trinajstić information content (AvgIpc) is 3.32. The lowest BCUT2D eigenvalue weighted by Gasteiger charge is -2.10. The third-order valence-corrected chi connectivity index (χ3v) is 6.68. The number of ether oxygens (including phenoxy) is 1. The Morgan fingerprint density at radius 1 is 1.03 bits per heavy atom. The first-order chi connectivity index (χ1) is 17.0. The fraction of sp³-hybridized carbons (Fsp3) is 0.120. The molecule has 1 N–H and O–H groups in total. The lowest BCUT2D eigenvalue weighted by atomic mass is 10.1. The molecule has 1 heterocycles. The van der Waals surface area contributed by atoms with Crippen LogP contribution in [0.4, 0.5) is 0 Å². The maximum atomic E-state index is 12.5. The van der Waals surface area contributed by atoms with Gasteiger partial charge in [0.05, 0.1) is 28.6 Å². The molecule has 4 rings (SSSR count). The van der Waals surface area contributed by atoms with Crippen LogP contribution in [-0.2, 0) is 4.79 Å². The molecule has 0 aliphatic carbocycles. The number of hydrogen-bond acceptors (Lipinski definition) is 6. The second kappa shape index (κ2) is 11.4. The van der Waals surface area contributed by atoms with E-state index in [1.54, 1.807) is 32.2 Å². The monoisotopic (exact) mass is 525 g/mol. The molecule has 178 valence electrons. The third-order valence-electron chi connectivity index (χ3n) is 5.01. The van der Waals surface area contributed by atoms with E-state index in [1.807, 2.05) is 59.2 Å². The SMILES string of the molecule is COc1ccc(-c2nnc(SCC(=O)N/N=C(\C)c3ccc(Cl)c(Cl)c3)n2-c2ccccc2)cc1.